The van der Waals surface area contributed by atoms with Crippen LogP contribution < -0.4 is 36.6 Å². The number of aryl methyl sites for hydroxylation is 7. The van der Waals surface area contributed by atoms with Crippen LogP contribution in [0, 0.1) is 27.7 Å². The van der Waals surface area contributed by atoms with Crippen LogP contribution in [0.2, 0.25) is 0 Å². The van der Waals surface area contributed by atoms with E-state index in [9.17, 15) is 9.59 Å². The molecular formula is C110H131N27O5. The Balaban J connectivity index is 0.000000135. The molecule has 32 nitrogen and oxygen atoms in total. The lowest BCUT2D eigenvalue weighted by Crippen LogP contribution is -2.46. The van der Waals surface area contributed by atoms with E-state index in [2.05, 4.69) is 219 Å². The van der Waals surface area contributed by atoms with E-state index < -0.39 is 0 Å². The fourth-order valence-electron chi connectivity index (χ4n) is 16.9. The Morgan fingerprint density at radius 1 is 0.345 bits per heavy atom. The summed E-state index contributed by atoms with van der Waals surface area (Å²) in [6.07, 6.45) is 35.8. The van der Waals surface area contributed by atoms with Gasteiger partial charge in [0.05, 0.1) is 116 Å². The standard InChI is InChI=1S/C26H32N6O.C23H26N6O.C23H29N5O2.C20H24N6O.C18H20N4/c1-3-9-31-11-13-32(14-12-31)10-5-8-23(33)16-22-17-24-25(18-27-22)28-19-29-26(24)30-21-7-4-6-20(2)15-21;1-17-4-2-5-18(12-17)28-23-21-14-19(25-15-22(21)26-16-27-23)13-20(30)6-3-9-29-10-7-24-8-11-29;1-2-11-30-20-7-3-5-19(14-20)27-23-21-15-18(24-16-22(21)25-17-26-23)6-4-8-28-9-12-29-13-10-28;1-15-4-5-17(12-21-15)25-20-18-11-16(22-13-19(18)23-14-24-20)3-2-6-26-7-9-27-10-8-26;1-3-4-7-14-10-16-17(11-19-14)20-12-21-18(16)22-15-8-5-6-13(2)9-15/h4-8,15,17-19H,3,9-14,16H2,1-2H3,(H,28,29,30);2-6,12,14-16,24H,7-11,13H2,1H3,(H,26,27,28);3,5,7,14-17H,2,4,6,8-13H2,1H3,(H,25,26,27);4-5,11-14H,2-3,6-10H2,1H3,(H,23,24,25);5-6,8-12H,3-4,7H2,1-2H3,(H,20,21,22)/b8-5+;6-3+;;;. The second-order valence-electron chi connectivity index (χ2n) is 35.9. The first-order valence-electron chi connectivity index (χ1n) is 49.7. The fraction of sp³-hybridized carbons (Fsp3) is 0.364. The SMILES string of the molecule is CCCCc1cc2c(Nc3cccc(C)c3)ncnc2cn1.CCCN1CCN(C/C=C/C(=O)Cc2cc3c(Nc4cccc(C)c4)ncnc3cn2)CC1.CCCOc1cccc(Nc2ncnc3cnc(CCCN4CCOCC4)cc23)c1.Cc1ccc(Nc2ncnc3cnc(CCCN4CCOCC4)cc23)cn1.Cc1cccc(Nc2ncnc3cnc(CC(=O)/C=C/CN4CCNCC4)cc23)c1. The number of anilines is 10. The molecule has 0 saturated carbocycles. The second-order valence-corrected chi connectivity index (χ2v) is 35.9. The Morgan fingerprint density at radius 2 is 0.704 bits per heavy atom. The highest BCUT2D eigenvalue weighted by Gasteiger charge is 2.20. The van der Waals surface area contributed by atoms with Gasteiger partial charge in [-0.25, -0.2) is 49.8 Å². The Hall–Kier alpha value is -14.2. The van der Waals surface area contributed by atoms with Gasteiger partial charge in [0, 0.05) is 182 Å². The number of carbonyl (C=O) groups is 2. The van der Waals surface area contributed by atoms with Crippen molar-refractivity contribution in [3.63, 3.8) is 0 Å². The molecule has 11 aromatic heterocycles. The first-order valence-corrected chi connectivity index (χ1v) is 49.7. The van der Waals surface area contributed by atoms with Crippen LogP contribution in [0.3, 0.4) is 0 Å². The van der Waals surface area contributed by atoms with Crippen molar-refractivity contribution in [2.45, 2.75) is 119 Å². The number of ketones is 2. The van der Waals surface area contributed by atoms with Crippen LogP contribution in [0.15, 0.2) is 233 Å². The van der Waals surface area contributed by atoms with Crippen molar-refractivity contribution in [2.24, 2.45) is 0 Å². The van der Waals surface area contributed by atoms with Gasteiger partial charge in [-0.1, -0.05) is 81.8 Å². The average molecular weight is 1910 g/mol. The van der Waals surface area contributed by atoms with Gasteiger partial charge in [-0.05, 0) is 219 Å². The zero-order valence-electron chi connectivity index (χ0n) is 82.7. The summed E-state index contributed by atoms with van der Waals surface area (Å²) in [5.41, 5.74) is 18.0. The number of hydrogen-bond acceptors (Lipinski definition) is 32. The van der Waals surface area contributed by atoms with Crippen molar-refractivity contribution in [3.8, 4) is 5.75 Å². The van der Waals surface area contributed by atoms with Crippen molar-refractivity contribution in [1.29, 1.82) is 0 Å². The van der Waals surface area contributed by atoms with Crippen LogP contribution >= 0.6 is 0 Å². The number of morpholine rings is 2. The van der Waals surface area contributed by atoms with Gasteiger partial charge in [0.25, 0.3) is 0 Å². The summed E-state index contributed by atoms with van der Waals surface area (Å²) in [4.78, 5) is 108. The van der Waals surface area contributed by atoms with E-state index >= 15 is 0 Å². The van der Waals surface area contributed by atoms with Crippen molar-refractivity contribution < 1.29 is 23.8 Å². The van der Waals surface area contributed by atoms with Crippen molar-refractivity contribution in [3.05, 3.63) is 284 Å². The van der Waals surface area contributed by atoms with Crippen molar-refractivity contribution >= 4 is 124 Å². The molecule has 142 heavy (non-hydrogen) atoms. The molecular weight excluding hydrogens is 1780 g/mol. The highest BCUT2D eigenvalue weighted by molar-refractivity contribution is 5.97. The number of aromatic nitrogens is 16. The molecule has 15 heterocycles. The number of rotatable bonds is 36. The van der Waals surface area contributed by atoms with E-state index in [0.29, 0.717) is 29.6 Å². The van der Waals surface area contributed by atoms with E-state index in [-0.39, 0.29) is 24.4 Å². The van der Waals surface area contributed by atoms with Crippen molar-refractivity contribution in [1.82, 2.24) is 110 Å². The minimum atomic E-state index is 0.0435. The number of allylic oxidation sites excluding steroid dienone is 2. The van der Waals surface area contributed by atoms with Crippen LogP contribution in [0.5, 0.6) is 5.75 Å². The monoisotopic (exact) mass is 1910 g/mol. The molecule has 0 unspecified atom stereocenters. The van der Waals surface area contributed by atoms with Gasteiger partial charge in [0.1, 0.15) is 66.5 Å². The number of benzene rings is 4. The third kappa shape index (κ3) is 31.9. The zero-order chi connectivity index (χ0) is 98.2. The lowest BCUT2D eigenvalue weighted by atomic mass is 10.1. The summed E-state index contributed by atoms with van der Waals surface area (Å²) in [5.74, 6) is 4.75. The maximum absolute atomic E-state index is 12.5. The predicted octanol–water partition coefficient (Wildman–Crippen LogP) is 17.4. The van der Waals surface area contributed by atoms with Crippen molar-refractivity contribution in [2.75, 3.05) is 171 Å². The number of unbranched alkanes of at least 4 members (excludes halogenated alkanes) is 1. The number of piperazine rings is 2. The Labute approximate surface area is 831 Å². The van der Waals surface area contributed by atoms with Crippen LogP contribution in [0.1, 0.15) is 110 Å². The smallest absolute Gasteiger partial charge is 0.161 e. The number of nitrogens with zero attached hydrogens (tertiary/aromatic N) is 21. The molecule has 0 atom stereocenters. The molecule has 32 heteroatoms. The molecule has 0 bridgehead atoms. The third-order valence-electron chi connectivity index (χ3n) is 24.5. The highest BCUT2D eigenvalue weighted by atomic mass is 16.5. The van der Waals surface area contributed by atoms with E-state index in [1.807, 2.05) is 142 Å². The maximum Gasteiger partial charge on any atom is 0.161 e. The van der Waals surface area contributed by atoms with Gasteiger partial charge in [-0.3, -0.25) is 59.1 Å². The molecule has 0 amide bonds. The number of carbonyl (C=O) groups excluding carboxylic acids is 2. The predicted molar refractivity (Wildman–Crippen MR) is 566 cm³/mol. The zero-order valence-corrected chi connectivity index (χ0v) is 82.7. The van der Waals surface area contributed by atoms with Gasteiger partial charge < -0.3 is 51.0 Å². The molecule has 0 radical (unpaired) electrons. The van der Waals surface area contributed by atoms with Gasteiger partial charge in [-0.2, -0.15) is 0 Å². The van der Waals surface area contributed by atoms with Crippen LogP contribution in [-0.2, 0) is 51.2 Å². The molecule has 15 aromatic rings. The number of pyridine rings is 6. The number of fused-ring (bicyclic) bond motifs is 5. The van der Waals surface area contributed by atoms with Crippen LogP contribution in [0.4, 0.5) is 57.5 Å². The van der Waals surface area contributed by atoms with Gasteiger partial charge in [-0.15, -0.1) is 0 Å². The van der Waals surface area contributed by atoms with E-state index in [0.717, 1.165) is 305 Å². The van der Waals surface area contributed by atoms with Crippen LogP contribution in [-0.4, -0.2) is 260 Å². The van der Waals surface area contributed by atoms with E-state index in [4.69, 9.17) is 14.2 Å². The molecule has 4 aromatic carbocycles. The first-order chi connectivity index (χ1) is 69.6. The van der Waals surface area contributed by atoms with E-state index in [1.54, 1.807) is 43.5 Å². The third-order valence-corrected chi connectivity index (χ3v) is 24.5. The maximum atomic E-state index is 12.5. The van der Waals surface area contributed by atoms with E-state index in [1.165, 1.54) is 48.7 Å². The first kappa shape index (κ1) is 102. The molecule has 4 aliphatic rings. The Bertz CT molecular complexity index is 6650. The molecule has 19 rings (SSSR count). The number of nitrogens with one attached hydrogen (secondary N) is 6. The molecule has 0 aliphatic carbocycles. The topological polar surface area (TPSA) is 356 Å². The summed E-state index contributed by atoms with van der Waals surface area (Å²) >= 11 is 0. The molecule has 6 N–H and O–H groups in total. The number of hydrogen-bond donors (Lipinski definition) is 6. The molecule has 4 saturated heterocycles. The fourth-order valence-corrected chi connectivity index (χ4v) is 16.9. The highest BCUT2D eigenvalue weighted by Crippen LogP contribution is 2.32. The second kappa shape index (κ2) is 54.0. The Kier molecular flexibility index (Phi) is 38.8. The summed E-state index contributed by atoms with van der Waals surface area (Å²) in [6.45, 7) is 36.1. The molecule has 0 spiro atoms. The Morgan fingerprint density at radius 3 is 1.08 bits per heavy atom. The lowest BCUT2D eigenvalue weighted by Gasteiger charge is -2.33. The molecule has 736 valence electrons. The normalized spacial score (nSPS) is 14.4. The van der Waals surface area contributed by atoms with Gasteiger partial charge in [0.15, 0.2) is 11.6 Å². The molecule has 4 aliphatic heterocycles. The average Bonchev–Trinajstić information content (AvgIpc) is 0.827. The van der Waals surface area contributed by atoms with Gasteiger partial charge in [0.2, 0.25) is 0 Å². The quantitative estimate of drug-likeness (QED) is 0.0199. The summed E-state index contributed by atoms with van der Waals surface area (Å²) in [7, 11) is 0. The van der Waals surface area contributed by atoms with Gasteiger partial charge >= 0.3 is 0 Å². The summed E-state index contributed by atoms with van der Waals surface area (Å²) in [6, 6.07) is 46.5. The number of ether oxygens (including phenoxy) is 3. The minimum Gasteiger partial charge on any atom is -0.494 e. The largest absolute Gasteiger partial charge is 0.494 e. The summed E-state index contributed by atoms with van der Waals surface area (Å²) in [5, 5.41) is 24.9. The summed E-state index contributed by atoms with van der Waals surface area (Å²) < 4.78 is 16.6. The minimum absolute atomic E-state index is 0.0435. The van der Waals surface area contributed by atoms with Crippen LogP contribution in [0.25, 0.3) is 54.5 Å². The lowest BCUT2D eigenvalue weighted by molar-refractivity contribution is -0.114. The molecule has 4 fully saturated rings.